The summed E-state index contributed by atoms with van der Waals surface area (Å²) in [5, 5.41) is 0. The Morgan fingerprint density at radius 1 is 0.727 bits per heavy atom. The van der Waals surface area contributed by atoms with E-state index in [0.29, 0.717) is 0 Å². The molecule has 0 amide bonds. The molecule has 0 aromatic heterocycles. The summed E-state index contributed by atoms with van der Waals surface area (Å²) >= 11 is 15.3. The molecule has 3 aromatic rings. The molecule has 0 radical (unpaired) electrons. The summed E-state index contributed by atoms with van der Waals surface area (Å²) in [5.41, 5.74) is 12.9. The largest absolute Gasteiger partial charge is 0.114 e. The minimum absolute atomic E-state index is 0. The van der Waals surface area contributed by atoms with Gasteiger partial charge in [0.25, 0.3) is 0 Å². The average molecular weight is 523 g/mol. The molecule has 33 heavy (non-hydrogen) atoms. The zero-order chi connectivity index (χ0) is 22.7. The standard InChI is InChI=1S/C29H28Cl2Si.Ti/c1-18-10-8-14-25-23(18)16-20(3)28(25,30)32-29(31)21(4)24(17-22-12-6-5-7-13-22)27-19(2)11-9-15-26(27)29;/h5-16H,17,32H2,1-4H3;. The van der Waals surface area contributed by atoms with E-state index in [9.17, 15) is 0 Å². The maximum absolute atomic E-state index is 7.72. The maximum Gasteiger partial charge on any atom is 0.0923 e. The molecule has 0 fully saturated rings. The van der Waals surface area contributed by atoms with Gasteiger partial charge in [0.2, 0.25) is 0 Å². The first-order valence-corrected chi connectivity index (χ1v) is 13.4. The molecule has 3 aromatic carbocycles. The van der Waals surface area contributed by atoms with Gasteiger partial charge < -0.3 is 0 Å². The third kappa shape index (κ3) is 3.87. The smallest absolute Gasteiger partial charge is 0.0923 e. The van der Waals surface area contributed by atoms with Crippen LogP contribution in [0.25, 0.3) is 11.6 Å². The molecule has 4 heteroatoms. The molecule has 0 saturated heterocycles. The van der Waals surface area contributed by atoms with E-state index in [4.69, 9.17) is 23.2 Å². The fraction of sp³-hybridized carbons (Fsp3) is 0.241. The molecule has 2 aliphatic carbocycles. The fourth-order valence-electron chi connectivity index (χ4n) is 5.61. The van der Waals surface area contributed by atoms with Crippen molar-refractivity contribution in [2.24, 2.45) is 0 Å². The minimum atomic E-state index is -1.09. The Hall–Kier alpha value is -1.35. The molecule has 0 N–H and O–H groups in total. The van der Waals surface area contributed by atoms with Crippen LogP contribution in [0, 0.1) is 13.8 Å². The van der Waals surface area contributed by atoms with E-state index in [1.165, 1.54) is 55.7 Å². The Balaban J connectivity index is 0.00000259. The molecule has 0 nitrogen and oxygen atoms in total. The van der Waals surface area contributed by atoms with E-state index < -0.39 is 18.5 Å². The van der Waals surface area contributed by atoms with Crippen molar-refractivity contribution in [1.29, 1.82) is 0 Å². The zero-order valence-corrected chi connectivity index (χ0v) is 24.1. The van der Waals surface area contributed by atoms with E-state index in [2.05, 4.69) is 101 Å². The van der Waals surface area contributed by atoms with E-state index in [1.54, 1.807) is 0 Å². The number of benzene rings is 3. The number of halogens is 2. The summed E-state index contributed by atoms with van der Waals surface area (Å²) in [7, 11) is -1.09. The number of aryl methyl sites for hydroxylation is 2. The molecule has 0 bridgehead atoms. The van der Waals surface area contributed by atoms with Gasteiger partial charge in [0.15, 0.2) is 0 Å². The van der Waals surface area contributed by atoms with E-state index in [0.717, 1.165) is 6.42 Å². The van der Waals surface area contributed by atoms with Crippen molar-refractivity contribution in [2.75, 3.05) is 0 Å². The summed E-state index contributed by atoms with van der Waals surface area (Å²) in [6.07, 6.45) is 3.17. The van der Waals surface area contributed by atoms with Crippen molar-refractivity contribution < 1.29 is 21.7 Å². The van der Waals surface area contributed by atoms with Gasteiger partial charge in [0.1, 0.15) is 0 Å². The fourth-order valence-corrected chi connectivity index (χ4v) is 10.0. The molecule has 0 saturated carbocycles. The first-order valence-electron chi connectivity index (χ1n) is 11.3. The number of fused-ring (bicyclic) bond motifs is 2. The normalized spacial score (nSPS) is 23.5. The second-order valence-electron chi connectivity index (χ2n) is 9.41. The van der Waals surface area contributed by atoms with E-state index >= 15 is 0 Å². The van der Waals surface area contributed by atoms with E-state index in [1.807, 2.05) is 0 Å². The van der Waals surface area contributed by atoms with Crippen molar-refractivity contribution in [2.45, 2.75) is 43.1 Å². The van der Waals surface area contributed by atoms with Gasteiger partial charge in [-0.05, 0) is 84.2 Å². The topological polar surface area (TPSA) is 0 Å². The molecule has 5 rings (SSSR count). The van der Waals surface area contributed by atoms with Crippen LogP contribution in [0.1, 0.15) is 52.8 Å². The molecule has 0 heterocycles. The predicted octanol–water partition coefficient (Wildman–Crippen LogP) is 7.40. The van der Waals surface area contributed by atoms with Crippen LogP contribution in [-0.2, 0) is 37.1 Å². The quantitative estimate of drug-likeness (QED) is 0.247. The summed E-state index contributed by atoms with van der Waals surface area (Å²) in [6, 6.07) is 23.8. The van der Waals surface area contributed by atoms with Crippen molar-refractivity contribution in [3.63, 3.8) is 0 Å². The predicted molar refractivity (Wildman–Crippen MR) is 142 cm³/mol. The van der Waals surface area contributed by atoms with Crippen LogP contribution in [0.3, 0.4) is 0 Å². The average Bonchev–Trinajstić information content (AvgIpc) is 3.14. The summed E-state index contributed by atoms with van der Waals surface area (Å²) in [6.45, 7) is 8.79. The molecular formula is C29H28Cl2SiTi. The molecule has 2 unspecified atom stereocenters. The third-order valence-corrected chi connectivity index (χ3v) is 12.1. The van der Waals surface area contributed by atoms with Gasteiger partial charge >= 0.3 is 0 Å². The van der Waals surface area contributed by atoms with Crippen molar-refractivity contribution >= 4 is 44.4 Å². The Bertz CT molecular complexity index is 1290. The van der Waals surface area contributed by atoms with Crippen LogP contribution < -0.4 is 0 Å². The van der Waals surface area contributed by atoms with Crippen LogP contribution in [0.4, 0.5) is 0 Å². The van der Waals surface area contributed by atoms with Crippen molar-refractivity contribution in [1.82, 2.24) is 0 Å². The minimum Gasteiger partial charge on any atom is -0.114 e. The molecular weight excluding hydrogens is 495 g/mol. The van der Waals surface area contributed by atoms with Crippen LogP contribution in [0.2, 0.25) is 0 Å². The van der Waals surface area contributed by atoms with Crippen molar-refractivity contribution in [3.05, 3.63) is 117 Å². The van der Waals surface area contributed by atoms with Gasteiger partial charge in [-0.3, -0.25) is 0 Å². The van der Waals surface area contributed by atoms with E-state index in [-0.39, 0.29) is 21.7 Å². The number of hydrogen-bond acceptors (Lipinski definition) is 0. The first kappa shape index (κ1) is 24.8. The van der Waals surface area contributed by atoms with Gasteiger partial charge in [-0.25, -0.2) is 0 Å². The second-order valence-corrected chi connectivity index (χ2v) is 14.1. The van der Waals surface area contributed by atoms with Crippen LogP contribution in [0.5, 0.6) is 0 Å². The Morgan fingerprint density at radius 3 is 2.06 bits per heavy atom. The van der Waals surface area contributed by atoms with Crippen LogP contribution in [-0.4, -0.2) is 9.52 Å². The molecule has 2 aliphatic rings. The number of rotatable bonds is 4. The first-order chi connectivity index (χ1) is 15.3. The van der Waals surface area contributed by atoms with Crippen LogP contribution in [0.15, 0.2) is 77.9 Å². The number of alkyl halides is 2. The molecule has 166 valence electrons. The Morgan fingerprint density at radius 2 is 1.36 bits per heavy atom. The van der Waals surface area contributed by atoms with Gasteiger partial charge in [0.05, 0.1) is 18.5 Å². The maximum atomic E-state index is 7.72. The van der Waals surface area contributed by atoms with Gasteiger partial charge in [-0.2, -0.15) is 0 Å². The summed E-state index contributed by atoms with van der Waals surface area (Å²) < 4.78 is -0.985. The van der Waals surface area contributed by atoms with Gasteiger partial charge in [-0.15, -0.1) is 23.2 Å². The monoisotopic (exact) mass is 522 g/mol. The number of allylic oxidation sites excluding steroid dienone is 3. The van der Waals surface area contributed by atoms with Crippen molar-refractivity contribution in [3.8, 4) is 0 Å². The molecule has 2 atom stereocenters. The summed E-state index contributed by atoms with van der Waals surface area (Å²) in [5.74, 6) is 0. The number of hydrogen-bond donors (Lipinski definition) is 0. The Labute approximate surface area is 224 Å². The Kier molecular flexibility index (Phi) is 6.77. The van der Waals surface area contributed by atoms with Gasteiger partial charge in [-0.1, -0.05) is 78.4 Å². The van der Waals surface area contributed by atoms with Crippen LogP contribution >= 0.6 is 23.2 Å². The second kappa shape index (κ2) is 9.02. The zero-order valence-electron chi connectivity index (χ0n) is 19.6. The molecule has 0 aliphatic heterocycles. The molecule has 0 spiro atoms. The summed E-state index contributed by atoms with van der Waals surface area (Å²) in [4.78, 5) is 0. The SMILES string of the molecule is CC1=Cc2c(C)cccc2C1(Cl)[SiH2]C1(Cl)C(C)=C(Cc2ccccc2)c2c(C)cccc21.[Ti]. The third-order valence-electron chi connectivity index (χ3n) is 7.50. The van der Waals surface area contributed by atoms with Gasteiger partial charge in [0, 0.05) is 21.7 Å².